The summed E-state index contributed by atoms with van der Waals surface area (Å²) in [5, 5.41) is 25.0. The summed E-state index contributed by atoms with van der Waals surface area (Å²) in [5.41, 5.74) is 1.06. The van der Waals surface area contributed by atoms with Gasteiger partial charge in [-0.05, 0) is 30.7 Å². The molecule has 3 atom stereocenters. The maximum absolute atomic E-state index is 12.1. The minimum absolute atomic E-state index is 0.000283. The molecule has 114 valence electrons. The molecule has 2 aliphatic rings. The van der Waals surface area contributed by atoms with E-state index in [0.717, 1.165) is 30.5 Å². The number of hydrogen-bond acceptors (Lipinski definition) is 5. The molecule has 0 bridgehead atoms. The van der Waals surface area contributed by atoms with Gasteiger partial charge < -0.3 is 15.4 Å². The van der Waals surface area contributed by atoms with Gasteiger partial charge in [0.2, 0.25) is 0 Å². The lowest BCUT2D eigenvalue weighted by Crippen LogP contribution is -2.45. The number of aliphatic hydroxyl groups excluding tert-OH is 1. The Labute approximate surface area is 121 Å². The molecule has 0 saturated carbocycles. The van der Waals surface area contributed by atoms with Crippen LogP contribution in [0.15, 0.2) is 4.79 Å². The van der Waals surface area contributed by atoms with E-state index in [1.165, 1.54) is 0 Å². The van der Waals surface area contributed by atoms with Crippen molar-refractivity contribution in [1.82, 2.24) is 10.3 Å². The van der Waals surface area contributed by atoms with Gasteiger partial charge in [-0.1, -0.05) is 6.92 Å². The molecule has 1 aliphatic heterocycles. The predicted octanol–water partition coefficient (Wildman–Crippen LogP) is 0.456. The van der Waals surface area contributed by atoms with Crippen molar-refractivity contribution in [2.75, 3.05) is 13.1 Å². The second-order valence-corrected chi connectivity index (χ2v) is 6.02. The molecule has 3 N–H and O–H groups in total. The Bertz CT molecular complexity index is 640. The van der Waals surface area contributed by atoms with Crippen LogP contribution < -0.4 is 10.9 Å². The Morgan fingerprint density at radius 2 is 2.10 bits per heavy atom. The average molecular weight is 293 g/mol. The molecule has 0 aromatic carbocycles. The smallest absolute Gasteiger partial charge is 0.337 e. The third kappa shape index (κ3) is 2.26. The number of aromatic nitrogens is 1. The van der Waals surface area contributed by atoms with Gasteiger partial charge in [-0.2, -0.15) is 0 Å². The molecular weight excluding hydrogens is 274 g/mol. The number of aryl methyl sites for hydroxylation is 1. The van der Waals surface area contributed by atoms with Crippen LogP contribution in [-0.2, 0) is 12.8 Å². The van der Waals surface area contributed by atoms with Crippen molar-refractivity contribution >= 4 is 5.69 Å². The number of aliphatic hydroxyl groups is 1. The molecule has 1 saturated heterocycles. The van der Waals surface area contributed by atoms with Gasteiger partial charge >= 0.3 is 11.2 Å². The van der Waals surface area contributed by atoms with Crippen molar-refractivity contribution < 1.29 is 10.0 Å². The fourth-order valence-electron chi connectivity index (χ4n) is 3.60. The van der Waals surface area contributed by atoms with Crippen LogP contribution in [0, 0.1) is 16.0 Å². The zero-order valence-corrected chi connectivity index (χ0v) is 11.9. The topological polar surface area (TPSA) is 108 Å². The summed E-state index contributed by atoms with van der Waals surface area (Å²) in [6.07, 6.45) is 1.67. The maximum atomic E-state index is 12.1. The Hall–Kier alpha value is -1.73. The largest absolute Gasteiger partial charge is 0.392 e. The molecule has 21 heavy (non-hydrogen) atoms. The van der Waals surface area contributed by atoms with Crippen LogP contribution in [0.5, 0.6) is 0 Å². The zero-order chi connectivity index (χ0) is 15.1. The number of nitrogens with zero attached hydrogens (tertiary/aromatic N) is 1. The van der Waals surface area contributed by atoms with E-state index < -0.39 is 28.2 Å². The molecule has 1 aromatic rings. The third-order valence-corrected chi connectivity index (χ3v) is 4.66. The first-order valence-corrected chi connectivity index (χ1v) is 7.31. The van der Waals surface area contributed by atoms with Gasteiger partial charge in [0.1, 0.15) is 0 Å². The van der Waals surface area contributed by atoms with Crippen molar-refractivity contribution in [2.24, 2.45) is 5.92 Å². The molecule has 1 aromatic heterocycles. The van der Waals surface area contributed by atoms with Gasteiger partial charge in [0.25, 0.3) is 0 Å². The average Bonchev–Trinajstić information content (AvgIpc) is 2.88. The second-order valence-electron chi connectivity index (χ2n) is 6.02. The van der Waals surface area contributed by atoms with Crippen LogP contribution in [0.1, 0.15) is 36.1 Å². The lowest BCUT2D eigenvalue weighted by molar-refractivity contribution is -0.387. The first kappa shape index (κ1) is 14.2. The first-order chi connectivity index (χ1) is 10.0. The van der Waals surface area contributed by atoms with E-state index in [4.69, 9.17) is 0 Å². The van der Waals surface area contributed by atoms with Crippen LogP contribution in [-0.4, -0.2) is 34.2 Å². The van der Waals surface area contributed by atoms with E-state index in [1.807, 2.05) is 6.92 Å². The molecular formula is C14H19N3O4. The minimum Gasteiger partial charge on any atom is -0.392 e. The monoisotopic (exact) mass is 293 g/mol. The highest BCUT2D eigenvalue weighted by molar-refractivity contribution is 5.50. The van der Waals surface area contributed by atoms with E-state index in [2.05, 4.69) is 10.3 Å². The van der Waals surface area contributed by atoms with Crippen molar-refractivity contribution in [2.45, 2.75) is 38.2 Å². The minimum atomic E-state index is -0.670. The summed E-state index contributed by atoms with van der Waals surface area (Å²) in [5.74, 6) is -0.400. The molecule has 0 radical (unpaired) electrons. The number of nitrogens with one attached hydrogen (secondary N) is 2. The number of piperidine rings is 1. The fraction of sp³-hybridized carbons (Fsp3) is 0.643. The van der Waals surface area contributed by atoms with E-state index in [0.29, 0.717) is 18.7 Å². The maximum Gasteiger partial charge on any atom is 0.337 e. The number of nitro groups is 1. The van der Waals surface area contributed by atoms with E-state index >= 15 is 0 Å². The van der Waals surface area contributed by atoms with E-state index in [9.17, 15) is 20.0 Å². The number of rotatable bonds is 2. The van der Waals surface area contributed by atoms with Crippen LogP contribution >= 0.6 is 0 Å². The predicted molar refractivity (Wildman–Crippen MR) is 76.5 cm³/mol. The normalized spacial score (nSPS) is 28.4. The Morgan fingerprint density at radius 1 is 1.33 bits per heavy atom. The van der Waals surface area contributed by atoms with Gasteiger partial charge in [-0.15, -0.1) is 0 Å². The second kappa shape index (κ2) is 5.23. The van der Waals surface area contributed by atoms with Gasteiger partial charge in [0.05, 0.1) is 11.0 Å². The van der Waals surface area contributed by atoms with Crippen LogP contribution in [0.4, 0.5) is 5.69 Å². The molecule has 1 unspecified atom stereocenters. The molecule has 7 heteroatoms. The van der Waals surface area contributed by atoms with Crippen molar-refractivity contribution in [3.63, 3.8) is 0 Å². The molecule has 3 rings (SSSR count). The lowest BCUT2D eigenvalue weighted by atomic mass is 9.81. The summed E-state index contributed by atoms with van der Waals surface area (Å²) < 4.78 is 0. The number of aromatic amines is 1. The molecule has 1 aliphatic carbocycles. The SMILES string of the molecule is C[C@H]1CNCC(c2c3c([nH]c(=O)c2[N+](=O)[O-])CCC3)[C@H]1O. The Kier molecular flexibility index (Phi) is 3.54. The number of fused-ring (bicyclic) bond motifs is 1. The van der Waals surface area contributed by atoms with Crippen molar-refractivity contribution in [3.8, 4) is 0 Å². The summed E-state index contributed by atoms with van der Waals surface area (Å²) in [6.45, 7) is 3.04. The number of hydrogen-bond donors (Lipinski definition) is 3. The molecule has 7 nitrogen and oxygen atoms in total. The molecule has 1 fully saturated rings. The summed E-state index contributed by atoms with van der Waals surface area (Å²) in [6, 6.07) is 0. The van der Waals surface area contributed by atoms with Gasteiger partial charge in [0, 0.05) is 30.3 Å². The van der Waals surface area contributed by atoms with E-state index in [1.54, 1.807) is 0 Å². The van der Waals surface area contributed by atoms with Gasteiger partial charge in [-0.25, -0.2) is 0 Å². The van der Waals surface area contributed by atoms with Crippen molar-refractivity contribution in [1.29, 1.82) is 0 Å². The van der Waals surface area contributed by atoms with Crippen molar-refractivity contribution in [3.05, 3.63) is 37.3 Å². The fourth-order valence-corrected chi connectivity index (χ4v) is 3.60. The van der Waals surface area contributed by atoms with Gasteiger partial charge in [0.15, 0.2) is 0 Å². The summed E-state index contributed by atoms with van der Waals surface area (Å²) in [7, 11) is 0. The summed E-state index contributed by atoms with van der Waals surface area (Å²) >= 11 is 0. The molecule has 0 amide bonds. The highest BCUT2D eigenvalue weighted by atomic mass is 16.6. The first-order valence-electron chi connectivity index (χ1n) is 7.31. The van der Waals surface area contributed by atoms with Crippen LogP contribution in [0.3, 0.4) is 0 Å². The highest BCUT2D eigenvalue weighted by Crippen LogP contribution is 2.37. The quantitative estimate of drug-likeness (QED) is 0.542. The highest BCUT2D eigenvalue weighted by Gasteiger charge is 2.39. The Balaban J connectivity index is 2.20. The van der Waals surface area contributed by atoms with E-state index in [-0.39, 0.29) is 5.92 Å². The number of H-pyrrole nitrogens is 1. The van der Waals surface area contributed by atoms with Crippen LogP contribution in [0.2, 0.25) is 0 Å². The molecule has 0 spiro atoms. The van der Waals surface area contributed by atoms with Gasteiger partial charge in [-0.3, -0.25) is 14.9 Å². The standard InChI is InChI=1S/C14H19N3O4/c1-7-5-15-6-9(13(7)18)11-8-3-2-4-10(8)16-14(19)12(11)17(20)21/h7,9,13,15,18H,2-6H2,1H3,(H,16,19)/t7-,9?,13-/m0/s1. The van der Waals surface area contributed by atoms with Crippen LogP contribution in [0.25, 0.3) is 0 Å². The molecule has 2 heterocycles. The third-order valence-electron chi connectivity index (χ3n) is 4.66. The lowest BCUT2D eigenvalue weighted by Gasteiger charge is -2.34. The number of pyridine rings is 1. The summed E-state index contributed by atoms with van der Waals surface area (Å²) in [4.78, 5) is 25.5. The Morgan fingerprint density at radius 3 is 2.81 bits per heavy atom. The zero-order valence-electron chi connectivity index (χ0n) is 11.9.